The third-order valence-corrected chi connectivity index (χ3v) is 6.30. The van der Waals surface area contributed by atoms with Crippen LogP contribution in [0.2, 0.25) is 0 Å². The molecule has 1 aromatic carbocycles. The molecule has 29 heavy (non-hydrogen) atoms. The van der Waals surface area contributed by atoms with Crippen molar-refractivity contribution in [3.8, 4) is 11.5 Å². The van der Waals surface area contributed by atoms with Crippen LogP contribution in [0.1, 0.15) is 22.7 Å². The molecular weight excluding hydrogens is 366 g/mol. The van der Waals surface area contributed by atoms with Gasteiger partial charge in [-0.3, -0.25) is 9.20 Å². The number of hydrogen-bond acceptors (Lipinski definition) is 5. The summed E-state index contributed by atoms with van der Waals surface area (Å²) in [6, 6.07) is 11.7. The number of rotatable bonds is 4. The van der Waals surface area contributed by atoms with Crippen LogP contribution in [0.25, 0.3) is 5.65 Å². The molecular formula is C23H25N3O3. The van der Waals surface area contributed by atoms with Crippen LogP contribution in [0, 0.1) is 12.8 Å². The number of hydrogen-bond donors (Lipinski definition) is 0. The second kappa shape index (κ2) is 7.19. The number of pyridine rings is 1. The van der Waals surface area contributed by atoms with E-state index in [9.17, 15) is 4.79 Å². The van der Waals surface area contributed by atoms with Gasteiger partial charge in [0.1, 0.15) is 17.1 Å². The minimum absolute atomic E-state index is 0.0417. The summed E-state index contributed by atoms with van der Waals surface area (Å²) in [4.78, 5) is 20.0. The predicted octanol–water partition coefficient (Wildman–Crippen LogP) is 2.66. The highest BCUT2D eigenvalue weighted by Gasteiger charge is 2.40. The molecule has 2 aromatic heterocycles. The van der Waals surface area contributed by atoms with E-state index in [-0.39, 0.29) is 5.56 Å². The zero-order valence-corrected chi connectivity index (χ0v) is 16.8. The van der Waals surface area contributed by atoms with E-state index in [1.54, 1.807) is 17.7 Å². The molecule has 1 saturated heterocycles. The molecule has 6 nitrogen and oxygen atoms in total. The van der Waals surface area contributed by atoms with Gasteiger partial charge in [0.25, 0.3) is 5.56 Å². The lowest BCUT2D eigenvalue weighted by molar-refractivity contribution is 0.209. The van der Waals surface area contributed by atoms with E-state index in [4.69, 9.17) is 9.47 Å². The van der Waals surface area contributed by atoms with Crippen molar-refractivity contribution >= 4 is 5.65 Å². The zero-order chi connectivity index (χ0) is 20.0. The van der Waals surface area contributed by atoms with Crippen molar-refractivity contribution in [3.05, 3.63) is 69.8 Å². The van der Waals surface area contributed by atoms with Crippen LogP contribution in [0.3, 0.4) is 0 Å². The number of likely N-dealkylation sites (tertiary alicyclic amines) is 1. The summed E-state index contributed by atoms with van der Waals surface area (Å²) in [6.07, 6.45) is 2.49. The summed E-state index contributed by atoms with van der Waals surface area (Å²) in [5.74, 6) is 2.72. The van der Waals surface area contributed by atoms with E-state index < -0.39 is 0 Å². The summed E-state index contributed by atoms with van der Waals surface area (Å²) in [6.45, 7) is 5.45. The van der Waals surface area contributed by atoms with Crippen LogP contribution >= 0.6 is 0 Å². The van der Waals surface area contributed by atoms with Gasteiger partial charge < -0.3 is 14.4 Å². The fourth-order valence-corrected chi connectivity index (χ4v) is 4.82. The normalized spacial score (nSPS) is 20.9. The molecule has 0 amide bonds. The summed E-state index contributed by atoms with van der Waals surface area (Å²) in [7, 11) is 1.72. The highest BCUT2D eigenvalue weighted by Crippen LogP contribution is 2.45. The molecule has 3 aromatic rings. The molecule has 0 N–H and O–H groups in total. The number of nitrogens with zero attached hydrogens (tertiary/aromatic N) is 3. The van der Waals surface area contributed by atoms with Gasteiger partial charge in [0.05, 0.1) is 13.7 Å². The molecule has 6 heteroatoms. The van der Waals surface area contributed by atoms with Gasteiger partial charge in [-0.25, -0.2) is 4.98 Å². The lowest BCUT2D eigenvalue weighted by Crippen LogP contribution is -2.28. The molecule has 2 aliphatic rings. The number of aryl methyl sites for hydroxylation is 1. The minimum Gasteiger partial charge on any atom is -0.496 e. The van der Waals surface area contributed by atoms with Crippen LogP contribution in [-0.4, -0.2) is 47.6 Å². The summed E-state index contributed by atoms with van der Waals surface area (Å²) < 4.78 is 13.3. The van der Waals surface area contributed by atoms with E-state index in [0.717, 1.165) is 49.0 Å². The minimum atomic E-state index is 0.0417. The van der Waals surface area contributed by atoms with Crippen molar-refractivity contribution in [2.45, 2.75) is 19.3 Å². The Morgan fingerprint density at radius 1 is 1.21 bits per heavy atom. The molecule has 2 atom stereocenters. The van der Waals surface area contributed by atoms with Gasteiger partial charge in [-0.15, -0.1) is 0 Å². The monoisotopic (exact) mass is 391 g/mol. The Morgan fingerprint density at radius 3 is 2.97 bits per heavy atom. The molecule has 0 saturated carbocycles. The fraction of sp³-hybridized carbons (Fsp3) is 0.391. The molecule has 4 heterocycles. The first-order valence-corrected chi connectivity index (χ1v) is 10.1. The summed E-state index contributed by atoms with van der Waals surface area (Å²) in [5, 5.41) is 0. The van der Waals surface area contributed by atoms with E-state index >= 15 is 0 Å². The molecule has 0 aliphatic carbocycles. The lowest BCUT2D eigenvalue weighted by atomic mass is 9.86. The summed E-state index contributed by atoms with van der Waals surface area (Å²) in [5.41, 5.74) is 3.56. The van der Waals surface area contributed by atoms with Crippen molar-refractivity contribution in [1.29, 1.82) is 0 Å². The molecule has 1 fully saturated rings. The molecule has 5 rings (SSSR count). The standard InChI is InChI=1S/C23H25N3O3/c1-15-17(23(27)26-10-4-3-8-21(26)24-15)9-11-25-12-16-14-29-20-7-5-6-19(28-2)22(20)18(16)13-25/h3-8,10,16,18H,9,11-14H2,1-2H3/t16-,18-/m0/s1. The fourth-order valence-electron chi connectivity index (χ4n) is 4.82. The third-order valence-electron chi connectivity index (χ3n) is 6.30. The maximum absolute atomic E-state index is 12.9. The first-order chi connectivity index (χ1) is 14.2. The second-order valence-corrected chi connectivity index (χ2v) is 7.97. The van der Waals surface area contributed by atoms with Crippen molar-refractivity contribution in [2.24, 2.45) is 5.92 Å². The maximum atomic E-state index is 12.9. The van der Waals surface area contributed by atoms with Gasteiger partial charge in [-0.1, -0.05) is 12.1 Å². The number of methoxy groups -OCH3 is 1. The Bertz CT molecular complexity index is 1110. The highest BCUT2D eigenvalue weighted by molar-refractivity contribution is 5.49. The van der Waals surface area contributed by atoms with Gasteiger partial charge in [-0.2, -0.15) is 0 Å². The topological polar surface area (TPSA) is 56.1 Å². The molecule has 2 aliphatic heterocycles. The van der Waals surface area contributed by atoms with Gasteiger partial charge in [0.15, 0.2) is 0 Å². The molecule has 150 valence electrons. The molecule has 0 spiro atoms. The van der Waals surface area contributed by atoms with E-state index in [1.807, 2.05) is 43.3 Å². The van der Waals surface area contributed by atoms with Crippen molar-refractivity contribution in [3.63, 3.8) is 0 Å². The van der Waals surface area contributed by atoms with E-state index in [0.29, 0.717) is 23.9 Å². The largest absolute Gasteiger partial charge is 0.496 e. The van der Waals surface area contributed by atoms with Gasteiger partial charge in [-0.05, 0) is 37.6 Å². The number of aromatic nitrogens is 2. The Hall–Kier alpha value is -2.86. The van der Waals surface area contributed by atoms with Crippen LogP contribution in [0.5, 0.6) is 11.5 Å². The highest BCUT2D eigenvalue weighted by atomic mass is 16.5. The van der Waals surface area contributed by atoms with E-state index in [2.05, 4.69) is 9.88 Å². The van der Waals surface area contributed by atoms with Gasteiger partial charge in [0.2, 0.25) is 0 Å². The van der Waals surface area contributed by atoms with E-state index in [1.165, 1.54) is 5.56 Å². The Morgan fingerprint density at radius 2 is 2.10 bits per heavy atom. The average molecular weight is 391 g/mol. The second-order valence-electron chi connectivity index (χ2n) is 7.97. The SMILES string of the molecule is COc1cccc2c1[C@H]1CN(CCc3c(C)nc4ccccn4c3=O)C[C@H]1CO2. The zero-order valence-electron chi connectivity index (χ0n) is 16.8. The number of fused-ring (bicyclic) bond motifs is 4. The quantitative estimate of drug-likeness (QED) is 0.684. The van der Waals surface area contributed by atoms with Crippen molar-refractivity contribution < 1.29 is 9.47 Å². The smallest absolute Gasteiger partial charge is 0.261 e. The number of ether oxygens (including phenoxy) is 2. The van der Waals surface area contributed by atoms with Crippen molar-refractivity contribution in [1.82, 2.24) is 14.3 Å². The Balaban J connectivity index is 1.36. The number of benzene rings is 1. The first-order valence-electron chi connectivity index (χ1n) is 10.1. The maximum Gasteiger partial charge on any atom is 0.261 e. The van der Waals surface area contributed by atoms with Crippen molar-refractivity contribution in [2.75, 3.05) is 33.4 Å². The van der Waals surface area contributed by atoms with Gasteiger partial charge in [0, 0.05) is 54.5 Å². The first kappa shape index (κ1) is 18.2. The lowest BCUT2D eigenvalue weighted by Gasteiger charge is -2.29. The summed E-state index contributed by atoms with van der Waals surface area (Å²) >= 11 is 0. The van der Waals surface area contributed by atoms with Crippen LogP contribution in [0.4, 0.5) is 0 Å². The molecule has 0 unspecified atom stereocenters. The average Bonchev–Trinajstić information content (AvgIpc) is 3.16. The third kappa shape index (κ3) is 3.08. The molecule has 0 radical (unpaired) electrons. The Kier molecular flexibility index (Phi) is 4.51. The van der Waals surface area contributed by atoms with Gasteiger partial charge >= 0.3 is 0 Å². The van der Waals surface area contributed by atoms with Crippen LogP contribution in [0.15, 0.2) is 47.4 Å². The molecule has 0 bridgehead atoms. The Labute approximate surface area is 169 Å². The van der Waals surface area contributed by atoms with Crippen LogP contribution in [-0.2, 0) is 6.42 Å². The van der Waals surface area contributed by atoms with Crippen LogP contribution < -0.4 is 15.0 Å². The predicted molar refractivity (Wildman–Crippen MR) is 111 cm³/mol.